The number of halogens is 3. The van der Waals surface area contributed by atoms with Crippen molar-refractivity contribution in [3.63, 3.8) is 0 Å². The van der Waals surface area contributed by atoms with Gasteiger partial charge in [0.1, 0.15) is 11.6 Å². The summed E-state index contributed by atoms with van der Waals surface area (Å²) in [5.41, 5.74) is 0.364. The number of carbonyl (C=O) groups is 1. The molecule has 0 aliphatic carbocycles. The normalized spacial score (nSPS) is 10.9. The highest BCUT2D eigenvalue weighted by molar-refractivity contribution is 9.10. The molecule has 110 valence electrons. The van der Waals surface area contributed by atoms with Crippen molar-refractivity contribution in [3.8, 4) is 11.3 Å². The highest BCUT2D eigenvalue weighted by Gasteiger charge is 2.15. The van der Waals surface area contributed by atoms with Gasteiger partial charge in [-0.05, 0) is 42.5 Å². The summed E-state index contributed by atoms with van der Waals surface area (Å²) in [6.07, 6.45) is 0. The van der Waals surface area contributed by atoms with E-state index in [1.807, 2.05) is 0 Å². The molecule has 3 nitrogen and oxygen atoms in total. The first-order chi connectivity index (χ1) is 10.5. The topological polar surface area (TPSA) is 50.2 Å². The van der Waals surface area contributed by atoms with Gasteiger partial charge in [-0.1, -0.05) is 15.9 Å². The summed E-state index contributed by atoms with van der Waals surface area (Å²) in [7, 11) is 0. The lowest BCUT2D eigenvalue weighted by Crippen LogP contribution is -2.01. The SMILES string of the molecule is O=C(O)c1cc(-c2cc(F)ccc2F)nc2ccc(Br)cc12. The van der Waals surface area contributed by atoms with Gasteiger partial charge in [-0.3, -0.25) is 0 Å². The third-order valence-corrected chi connectivity index (χ3v) is 3.70. The average Bonchev–Trinajstić information content (AvgIpc) is 2.48. The zero-order valence-electron chi connectivity index (χ0n) is 11.0. The minimum absolute atomic E-state index is 0.0232. The number of benzene rings is 2. The molecule has 3 aromatic rings. The molecule has 0 amide bonds. The van der Waals surface area contributed by atoms with Crippen molar-refractivity contribution in [1.29, 1.82) is 0 Å². The van der Waals surface area contributed by atoms with Crippen LogP contribution in [0.5, 0.6) is 0 Å². The van der Waals surface area contributed by atoms with Gasteiger partial charge in [0.2, 0.25) is 0 Å². The maximum Gasteiger partial charge on any atom is 0.336 e. The van der Waals surface area contributed by atoms with Crippen LogP contribution in [0, 0.1) is 11.6 Å². The Balaban J connectivity index is 2.34. The lowest BCUT2D eigenvalue weighted by Gasteiger charge is -2.08. The molecule has 1 N–H and O–H groups in total. The van der Waals surface area contributed by atoms with Crippen LogP contribution in [0.15, 0.2) is 46.9 Å². The van der Waals surface area contributed by atoms with Crippen LogP contribution in [-0.4, -0.2) is 16.1 Å². The van der Waals surface area contributed by atoms with E-state index in [0.29, 0.717) is 15.4 Å². The van der Waals surface area contributed by atoms with Crippen molar-refractivity contribution >= 4 is 32.8 Å². The summed E-state index contributed by atoms with van der Waals surface area (Å²) in [5, 5.41) is 9.78. The number of hydrogen-bond acceptors (Lipinski definition) is 2. The quantitative estimate of drug-likeness (QED) is 0.721. The maximum atomic E-state index is 13.9. The molecule has 2 aromatic carbocycles. The highest BCUT2D eigenvalue weighted by Crippen LogP contribution is 2.29. The van der Waals surface area contributed by atoms with E-state index < -0.39 is 17.6 Å². The second kappa shape index (κ2) is 5.46. The lowest BCUT2D eigenvalue weighted by molar-refractivity contribution is 0.0699. The molecule has 0 radical (unpaired) electrons. The number of rotatable bonds is 2. The fraction of sp³-hybridized carbons (Fsp3) is 0. The van der Waals surface area contributed by atoms with Gasteiger partial charge in [0, 0.05) is 15.4 Å². The van der Waals surface area contributed by atoms with Crippen LogP contribution in [0.1, 0.15) is 10.4 Å². The molecule has 0 saturated heterocycles. The van der Waals surface area contributed by atoms with Gasteiger partial charge in [0.25, 0.3) is 0 Å². The number of nitrogens with zero attached hydrogens (tertiary/aromatic N) is 1. The van der Waals surface area contributed by atoms with Crippen LogP contribution >= 0.6 is 15.9 Å². The van der Waals surface area contributed by atoms with Gasteiger partial charge in [-0.25, -0.2) is 18.6 Å². The Kier molecular flexibility index (Phi) is 3.62. The molecule has 0 saturated carbocycles. The molecule has 0 unspecified atom stereocenters. The molecule has 3 rings (SSSR count). The van der Waals surface area contributed by atoms with Crippen LogP contribution < -0.4 is 0 Å². The Bertz CT molecular complexity index is 912. The van der Waals surface area contributed by atoms with Gasteiger partial charge in [-0.2, -0.15) is 0 Å². The van der Waals surface area contributed by atoms with Crippen molar-refractivity contribution in [2.75, 3.05) is 0 Å². The molecule has 1 heterocycles. The second-order valence-corrected chi connectivity index (χ2v) is 5.56. The third kappa shape index (κ3) is 2.57. The fourth-order valence-electron chi connectivity index (χ4n) is 2.21. The summed E-state index contributed by atoms with van der Waals surface area (Å²) in [4.78, 5) is 15.7. The summed E-state index contributed by atoms with van der Waals surface area (Å²) in [6.45, 7) is 0. The predicted molar refractivity (Wildman–Crippen MR) is 81.8 cm³/mol. The van der Waals surface area contributed by atoms with Crippen molar-refractivity contribution < 1.29 is 18.7 Å². The molecule has 1 aromatic heterocycles. The standard InChI is InChI=1S/C16H8BrF2NO2/c17-8-1-4-14-10(5-8)11(16(21)22)7-15(20-14)12-6-9(18)2-3-13(12)19/h1-7H,(H,21,22). The van der Waals surface area contributed by atoms with Gasteiger partial charge in [-0.15, -0.1) is 0 Å². The number of pyridine rings is 1. The van der Waals surface area contributed by atoms with Gasteiger partial charge in [0.15, 0.2) is 0 Å². The van der Waals surface area contributed by atoms with E-state index in [-0.39, 0.29) is 16.8 Å². The molecule has 0 aliphatic heterocycles. The third-order valence-electron chi connectivity index (χ3n) is 3.21. The molecular weight excluding hydrogens is 356 g/mol. The van der Waals surface area contributed by atoms with E-state index in [1.54, 1.807) is 18.2 Å². The first-order valence-electron chi connectivity index (χ1n) is 6.25. The second-order valence-electron chi connectivity index (χ2n) is 4.65. The molecule has 0 atom stereocenters. The highest BCUT2D eigenvalue weighted by atomic mass is 79.9. The molecular formula is C16H8BrF2NO2. The first kappa shape index (κ1) is 14.6. The zero-order valence-corrected chi connectivity index (χ0v) is 12.6. The number of hydrogen-bond donors (Lipinski definition) is 1. The van der Waals surface area contributed by atoms with Crippen molar-refractivity contribution in [2.24, 2.45) is 0 Å². The monoisotopic (exact) mass is 363 g/mol. The molecule has 0 fully saturated rings. The van der Waals surface area contributed by atoms with Crippen molar-refractivity contribution in [1.82, 2.24) is 4.98 Å². The van der Waals surface area contributed by atoms with Gasteiger partial charge in [0.05, 0.1) is 16.8 Å². The molecule has 22 heavy (non-hydrogen) atoms. The average molecular weight is 364 g/mol. The Morgan fingerprint density at radius 2 is 1.86 bits per heavy atom. The number of fused-ring (bicyclic) bond motifs is 1. The minimum atomic E-state index is -1.16. The molecule has 6 heteroatoms. The Hall–Kier alpha value is -2.34. The Morgan fingerprint density at radius 1 is 1.09 bits per heavy atom. The van der Waals surface area contributed by atoms with Crippen LogP contribution in [0.25, 0.3) is 22.2 Å². The largest absolute Gasteiger partial charge is 0.478 e. The van der Waals surface area contributed by atoms with E-state index >= 15 is 0 Å². The van der Waals surface area contributed by atoms with E-state index in [9.17, 15) is 18.7 Å². The minimum Gasteiger partial charge on any atom is -0.478 e. The number of carboxylic acid groups (broad SMARTS) is 1. The maximum absolute atomic E-state index is 13.9. The summed E-state index contributed by atoms with van der Waals surface area (Å²) in [5.74, 6) is -2.45. The fourth-order valence-corrected chi connectivity index (χ4v) is 2.57. The molecule has 0 aliphatic rings. The van der Waals surface area contributed by atoms with Crippen LogP contribution in [0.4, 0.5) is 8.78 Å². The number of carboxylic acids is 1. The predicted octanol–water partition coefficient (Wildman–Crippen LogP) is 4.64. The van der Waals surface area contributed by atoms with E-state index in [2.05, 4.69) is 20.9 Å². The van der Waals surface area contributed by atoms with Crippen LogP contribution in [0.3, 0.4) is 0 Å². The summed E-state index contributed by atoms with van der Waals surface area (Å²) in [6, 6.07) is 9.16. The van der Waals surface area contributed by atoms with Gasteiger partial charge < -0.3 is 5.11 Å². The molecule has 0 spiro atoms. The Morgan fingerprint density at radius 3 is 2.59 bits per heavy atom. The van der Waals surface area contributed by atoms with Crippen molar-refractivity contribution in [3.05, 3.63) is 64.1 Å². The van der Waals surface area contributed by atoms with Crippen molar-refractivity contribution in [2.45, 2.75) is 0 Å². The van der Waals surface area contributed by atoms with E-state index in [0.717, 1.165) is 18.2 Å². The lowest BCUT2D eigenvalue weighted by atomic mass is 10.0. The van der Waals surface area contributed by atoms with E-state index in [4.69, 9.17) is 0 Å². The van der Waals surface area contributed by atoms with E-state index in [1.165, 1.54) is 6.07 Å². The van der Waals surface area contributed by atoms with Gasteiger partial charge >= 0.3 is 5.97 Å². The van der Waals surface area contributed by atoms with Crippen LogP contribution in [-0.2, 0) is 0 Å². The summed E-state index contributed by atoms with van der Waals surface area (Å²) >= 11 is 3.27. The zero-order chi connectivity index (χ0) is 15.9. The number of aromatic carboxylic acids is 1. The van der Waals surface area contributed by atoms with Crippen LogP contribution in [0.2, 0.25) is 0 Å². The molecule has 0 bridgehead atoms. The number of aromatic nitrogens is 1. The summed E-state index contributed by atoms with van der Waals surface area (Å²) < 4.78 is 27.9. The first-order valence-corrected chi connectivity index (χ1v) is 7.04. The smallest absolute Gasteiger partial charge is 0.336 e. The Labute approximate surface area is 132 Å².